The number of carbonyl (C=O) groups is 1. The number of benzene rings is 2. The van der Waals surface area contributed by atoms with E-state index in [2.05, 4.69) is 36.3 Å². The molecule has 148 valence electrons. The summed E-state index contributed by atoms with van der Waals surface area (Å²) in [4.78, 5) is 14.7. The molecule has 6 heteroatoms. The zero-order chi connectivity index (χ0) is 20.1. The fourth-order valence-electron chi connectivity index (χ4n) is 3.56. The standard InChI is InChI=1S/C23H23BrN4O/c24-20-8-6-17(7-9-20)16-25-23(29)19-12-14-28(15-13-19)22-11-10-21(26-27-22)18-4-2-1-3-5-18/h1-11,19H,12-16H2,(H,25,29). The van der Waals surface area contributed by atoms with Gasteiger partial charge in [0.15, 0.2) is 5.82 Å². The monoisotopic (exact) mass is 450 g/mol. The average molecular weight is 451 g/mol. The highest BCUT2D eigenvalue weighted by Gasteiger charge is 2.25. The SMILES string of the molecule is O=C(NCc1ccc(Br)cc1)C1CCN(c2ccc(-c3ccccc3)nn2)CC1. The molecule has 5 nitrogen and oxygen atoms in total. The van der Waals surface area contributed by atoms with Crippen LogP contribution in [0.3, 0.4) is 0 Å². The first-order valence-electron chi connectivity index (χ1n) is 9.85. The number of aromatic nitrogens is 2. The lowest BCUT2D eigenvalue weighted by Crippen LogP contribution is -2.40. The minimum atomic E-state index is 0.0539. The first-order chi connectivity index (χ1) is 14.2. The smallest absolute Gasteiger partial charge is 0.223 e. The minimum Gasteiger partial charge on any atom is -0.355 e. The van der Waals surface area contributed by atoms with Gasteiger partial charge in [0.2, 0.25) is 5.91 Å². The molecule has 1 amide bonds. The molecule has 3 aromatic rings. The fourth-order valence-corrected chi connectivity index (χ4v) is 3.83. The second-order valence-corrected chi connectivity index (χ2v) is 8.16. The molecule has 2 aromatic carbocycles. The minimum absolute atomic E-state index is 0.0539. The predicted molar refractivity (Wildman–Crippen MR) is 118 cm³/mol. The summed E-state index contributed by atoms with van der Waals surface area (Å²) in [6.45, 7) is 2.20. The van der Waals surface area contributed by atoms with Crippen LogP contribution >= 0.6 is 15.9 Å². The van der Waals surface area contributed by atoms with Crippen LogP contribution in [0.2, 0.25) is 0 Å². The van der Waals surface area contributed by atoms with E-state index < -0.39 is 0 Å². The van der Waals surface area contributed by atoms with Gasteiger partial charge in [0.1, 0.15) is 0 Å². The van der Waals surface area contributed by atoms with Gasteiger partial charge >= 0.3 is 0 Å². The van der Waals surface area contributed by atoms with Gasteiger partial charge in [-0.25, -0.2) is 0 Å². The number of hydrogen-bond donors (Lipinski definition) is 1. The van der Waals surface area contributed by atoms with Crippen LogP contribution in [0.1, 0.15) is 18.4 Å². The largest absolute Gasteiger partial charge is 0.355 e. The summed E-state index contributed by atoms with van der Waals surface area (Å²) < 4.78 is 1.04. The van der Waals surface area contributed by atoms with E-state index in [9.17, 15) is 4.79 Å². The summed E-state index contributed by atoms with van der Waals surface area (Å²) in [6.07, 6.45) is 1.66. The molecule has 1 aromatic heterocycles. The van der Waals surface area contributed by atoms with Crippen molar-refractivity contribution in [1.82, 2.24) is 15.5 Å². The van der Waals surface area contributed by atoms with Crippen molar-refractivity contribution in [1.29, 1.82) is 0 Å². The molecule has 0 radical (unpaired) electrons. The summed E-state index contributed by atoms with van der Waals surface area (Å²) in [6, 6.07) is 22.1. The lowest BCUT2D eigenvalue weighted by Gasteiger charge is -2.31. The molecule has 4 rings (SSSR count). The Bertz CT molecular complexity index is 937. The van der Waals surface area contributed by atoms with Crippen LogP contribution in [-0.4, -0.2) is 29.2 Å². The van der Waals surface area contributed by atoms with Gasteiger partial charge in [0.05, 0.1) is 5.69 Å². The zero-order valence-corrected chi connectivity index (χ0v) is 17.7. The third-order valence-corrected chi connectivity index (χ3v) is 5.82. The summed E-state index contributed by atoms with van der Waals surface area (Å²) >= 11 is 3.43. The van der Waals surface area contributed by atoms with Gasteiger partial charge in [-0.2, -0.15) is 0 Å². The highest BCUT2D eigenvalue weighted by molar-refractivity contribution is 9.10. The Labute approximate surface area is 179 Å². The number of amides is 1. The van der Waals surface area contributed by atoms with Crippen LogP contribution in [0.15, 0.2) is 71.2 Å². The molecule has 0 spiro atoms. The number of nitrogens with one attached hydrogen (secondary N) is 1. The van der Waals surface area contributed by atoms with E-state index in [1.165, 1.54) is 0 Å². The van der Waals surface area contributed by atoms with Crippen molar-refractivity contribution in [3.8, 4) is 11.3 Å². The Balaban J connectivity index is 1.28. The average Bonchev–Trinajstić information content (AvgIpc) is 2.79. The van der Waals surface area contributed by atoms with Crippen molar-refractivity contribution in [2.75, 3.05) is 18.0 Å². The van der Waals surface area contributed by atoms with Crippen LogP contribution in [-0.2, 0) is 11.3 Å². The number of rotatable bonds is 5. The molecular formula is C23H23BrN4O. The van der Waals surface area contributed by atoms with Gasteiger partial charge in [-0.1, -0.05) is 58.4 Å². The first-order valence-corrected chi connectivity index (χ1v) is 10.6. The Hall–Kier alpha value is -2.73. The van der Waals surface area contributed by atoms with Gasteiger partial charge in [-0.15, -0.1) is 10.2 Å². The highest BCUT2D eigenvalue weighted by atomic mass is 79.9. The number of nitrogens with zero attached hydrogens (tertiary/aromatic N) is 3. The van der Waals surface area contributed by atoms with Gasteiger partial charge in [0.25, 0.3) is 0 Å². The van der Waals surface area contributed by atoms with Crippen LogP contribution < -0.4 is 10.2 Å². The van der Waals surface area contributed by atoms with Gasteiger partial charge < -0.3 is 10.2 Å². The summed E-state index contributed by atoms with van der Waals surface area (Å²) in [5.41, 5.74) is 3.04. The molecule has 1 fully saturated rings. The number of carbonyl (C=O) groups excluding carboxylic acids is 1. The molecule has 0 aliphatic carbocycles. The van der Waals surface area contributed by atoms with Crippen molar-refractivity contribution >= 4 is 27.7 Å². The summed E-state index contributed by atoms with van der Waals surface area (Å²) in [5.74, 6) is 1.06. The van der Waals surface area contributed by atoms with Crippen LogP contribution in [0, 0.1) is 5.92 Å². The van der Waals surface area contributed by atoms with Crippen LogP contribution in [0.4, 0.5) is 5.82 Å². The normalized spacial score (nSPS) is 14.6. The van der Waals surface area contributed by atoms with Crippen molar-refractivity contribution in [2.45, 2.75) is 19.4 Å². The molecule has 0 unspecified atom stereocenters. The maximum absolute atomic E-state index is 12.5. The second kappa shape index (κ2) is 9.18. The molecule has 2 heterocycles. The highest BCUT2D eigenvalue weighted by Crippen LogP contribution is 2.23. The molecule has 1 aliphatic heterocycles. The van der Waals surface area contributed by atoms with Gasteiger partial charge in [0, 0.05) is 35.6 Å². The number of piperidine rings is 1. The first kappa shape index (κ1) is 19.6. The Kier molecular flexibility index (Phi) is 6.20. The molecule has 1 aliphatic rings. The van der Waals surface area contributed by atoms with Gasteiger partial charge in [-0.3, -0.25) is 4.79 Å². The summed E-state index contributed by atoms with van der Waals surface area (Å²) in [5, 5.41) is 11.8. The Morgan fingerprint density at radius 2 is 1.69 bits per heavy atom. The number of anilines is 1. The lowest BCUT2D eigenvalue weighted by molar-refractivity contribution is -0.125. The van der Waals surface area contributed by atoms with Gasteiger partial charge in [-0.05, 0) is 42.7 Å². The summed E-state index contributed by atoms with van der Waals surface area (Å²) in [7, 11) is 0. The third-order valence-electron chi connectivity index (χ3n) is 5.29. The molecule has 0 bridgehead atoms. The van der Waals surface area contributed by atoms with Crippen molar-refractivity contribution in [2.24, 2.45) is 5.92 Å². The maximum atomic E-state index is 12.5. The third kappa shape index (κ3) is 5.01. The molecule has 0 atom stereocenters. The van der Waals surface area contributed by atoms with E-state index in [1.807, 2.05) is 66.7 Å². The zero-order valence-electron chi connectivity index (χ0n) is 16.1. The predicted octanol–water partition coefficient (Wildman–Crippen LogP) is 4.44. The topological polar surface area (TPSA) is 58.1 Å². The van der Waals surface area contributed by atoms with Crippen molar-refractivity contribution in [3.63, 3.8) is 0 Å². The number of hydrogen-bond acceptors (Lipinski definition) is 4. The van der Waals surface area contributed by atoms with E-state index >= 15 is 0 Å². The lowest BCUT2D eigenvalue weighted by atomic mass is 9.96. The molecule has 0 saturated carbocycles. The maximum Gasteiger partial charge on any atom is 0.223 e. The molecule has 1 N–H and O–H groups in total. The van der Waals surface area contributed by atoms with E-state index in [1.54, 1.807) is 0 Å². The van der Waals surface area contributed by atoms with E-state index in [-0.39, 0.29) is 11.8 Å². The quantitative estimate of drug-likeness (QED) is 0.623. The van der Waals surface area contributed by atoms with E-state index in [4.69, 9.17) is 0 Å². The molecule has 29 heavy (non-hydrogen) atoms. The van der Waals surface area contributed by atoms with Crippen molar-refractivity contribution < 1.29 is 4.79 Å². The fraction of sp³-hybridized carbons (Fsp3) is 0.261. The second-order valence-electron chi connectivity index (χ2n) is 7.25. The van der Waals surface area contributed by atoms with Crippen molar-refractivity contribution in [3.05, 3.63) is 76.8 Å². The van der Waals surface area contributed by atoms with E-state index in [0.717, 1.165) is 53.0 Å². The van der Waals surface area contributed by atoms with Crippen LogP contribution in [0.5, 0.6) is 0 Å². The Morgan fingerprint density at radius 1 is 0.966 bits per heavy atom. The molecule has 1 saturated heterocycles. The Morgan fingerprint density at radius 3 is 2.34 bits per heavy atom. The van der Waals surface area contributed by atoms with Crippen LogP contribution in [0.25, 0.3) is 11.3 Å². The van der Waals surface area contributed by atoms with E-state index in [0.29, 0.717) is 6.54 Å². The number of halogens is 1. The molecular weight excluding hydrogens is 428 g/mol.